The van der Waals surface area contributed by atoms with Crippen molar-refractivity contribution >= 4 is 23.6 Å². The zero-order chi connectivity index (χ0) is 14.4. The third-order valence-electron chi connectivity index (χ3n) is 2.44. The molecule has 104 valence electrons. The number of halogens is 1. The van der Waals surface area contributed by atoms with E-state index in [1.165, 1.54) is 11.0 Å². The minimum Gasteiger partial charge on any atom is -0.480 e. The number of carboxylic acids is 1. The van der Waals surface area contributed by atoms with E-state index in [0.717, 1.165) is 11.8 Å². The Kier molecular flexibility index (Phi) is 5.82. The van der Waals surface area contributed by atoms with Crippen LogP contribution in [-0.2, 0) is 9.59 Å². The first kappa shape index (κ1) is 15.5. The smallest absolute Gasteiger partial charge is 0.323 e. The van der Waals surface area contributed by atoms with Gasteiger partial charge in [0, 0.05) is 10.9 Å². The molecule has 4 nitrogen and oxygen atoms in total. The fraction of sp³-hybridized carbons (Fsp3) is 0.385. The van der Waals surface area contributed by atoms with Gasteiger partial charge in [-0.25, -0.2) is 4.39 Å². The summed E-state index contributed by atoms with van der Waals surface area (Å²) in [6.07, 6.45) is 0. The lowest BCUT2D eigenvalue weighted by atomic mass is 10.3. The Morgan fingerprint density at radius 3 is 2.53 bits per heavy atom. The summed E-state index contributed by atoms with van der Waals surface area (Å²) in [7, 11) is 0. The summed E-state index contributed by atoms with van der Waals surface area (Å²) in [4.78, 5) is 24.3. The molecule has 0 bridgehead atoms. The normalized spacial score (nSPS) is 10.5. The molecule has 1 rings (SSSR count). The molecule has 1 amide bonds. The Morgan fingerprint density at radius 2 is 2.00 bits per heavy atom. The Labute approximate surface area is 115 Å². The zero-order valence-electron chi connectivity index (χ0n) is 10.8. The van der Waals surface area contributed by atoms with Crippen molar-refractivity contribution in [3.63, 3.8) is 0 Å². The number of amides is 1. The minimum absolute atomic E-state index is 0.0202. The van der Waals surface area contributed by atoms with Gasteiger partial charge in [-0.05, 0) is 26.0 Å². The number of hydrogen-bond donors (Lipinski definition) is 1. The number of rotatable bonds is 6. The molecule has 0 aromatic heterocycles. The number of aliphatic carboxylic acids is 1. The summed E-state index contributed by atoms with van der Waals surface area (Å²) in [5.74, 6) is -1.73. The molecule has 1 N–H and O–H groups in total. The standard InChI is InChI=1S/C13H16FNO3S/c1-9(2)15(7-13(17)18)12(16)8-19-11-6-4-3-5-10(11)14/h3-6,9H,7-8H2,1-2H3,(H,17,18). The molecule has 0 atom stereocenters. The van der Waals surface area contributed by atoms with Crippen LogP contribution >= 0.6 is 11.8 Å². The van der Waals surface area contributed by atoms with Crippen LogP contribution in [0, 0.1) is 5.82 Å². The lowest BCUT2D eigenvalue weighted by Crippen LogP contribution is -2.41. The second-order valence-electron chi connectivity index (χ2n) is 4.23. The van der Waals surface area contributed by atoms with E-state index >= 15 is 0 Å². The zero-order valence-corrected chi connectivity index (χ0v) is 11.6. The number of thioether (sulfide) groups is 1. The number of nitrogens with zero attached hydrogens (tertiary/aromatic N) is 1. The molecule has 0 saturated heterocycles. The van der Waals surface area contributed by atoms with Crippen LogP contribution in [0.25, 0.3) is 0 Å². The van der Waals surface area contributed by atoms with Gasteiger partial charge in [0.2, 0.25) is 5.91 Å². The van der Waals surface area contributed by atoms with Crippen molar-refractivity contribution in [1.29, 1.82) is 0 Å². The van der Waals surface area contributed by atoms with Gasteiger partial charge in [-0.1, -0.05) is 12.1 Å². The molecule has 0 heterocycles. The molecule has 0 fully saturated rings. The summed E-state index contributed by atoms with van der Waals surface area (Å²) in [5.41, 5.74) is 0. The molecule has 0 aliphatic carbocycles. The van der Waals surface area contributed by atoms with E-state index in [-0.39, 0.29) is 30.1 Å². The van der Waals surface area contributed by atoms with Gasteiger partial charge in [-0.3, -0.25) is 9.59 Å². The van der Waals surface area contributed by atoms with E-state index in [1.54, 1.807) is 32.0 Å². The lowest BCUT2D eigenvalue weighted by molar-refractivity contribution is -0.144. The van der Waals surface area contributed by atoms with E-state index in [1.807, 2.05) is 0 Å². The van der Waals surface area contributed by atoms with Crippen LogP contribution < -0.4 is 0 Å². The summed E-state index contributed by atoms with van der Waals surface area (Å²) in [6.45, 7) is 3.15. The molecule has 0 radical (unpaired) electrons. The number of carbonyl (C=O) groups excluding carboxylic acids is 1. The third-order valence-corrected chi connectivity index (χ3v) is 3.47. The van der Waals surface area contributed by atoms with Crippen LogP contribution in [0.1, 0.15) is 13.8 Å². The third kappa shape index (κ3) is 4.90. The highest BCUT2D eigenvalue weighted by Gasteiger charge is 2.20. The van der Waals surface area contributed by atoms with Crippen molar-refractivity contribution in [2.45, 2.75) is 24.8 Å². The van der Waals surface area contributed by atoms with Gasteiger partial charge < -0.3 is 10.0 Å². The van der Waals surface area contributed by atoms with Crippen molar-refractivity contribution in [2.75, 3.05) is 12.3 Å². The number of carboxylic acid groups (broad SMARTS) is 1. The molecule has 1 aromatic rings. The van der Waals surface area contributed by atoms with Crippen LogP contribution in [0.4, 0.5) is 4.39 Å². The molecular formula is C13H16FNO3S. The van der Waals surface area contributed by atoms with Crippen LogP contribution in [0.15, 0.2) is 29.2 Å². The van der Waals surface area contributed by atoms with E-state index in [0.29, 0.717) is 4.90 Å². The number of benzene rings is 1. The van der Waals surface area contributed by atoms with Gasteiger partial charge in [0.05, 0.1) is 5.75 Å². The SMILES string of the molecule is CC(C)N(CC(=O)O)C(=O)CSc1ccccc1F. The molecule has 0 saturated carbocycles. The average molecular weight is 285 g/mol. The van der Waals surface area contributed by atoms with Crippen molar-refractivity contribution in [1.82, 2.24) is 4.90 Å². The van der Waals surface area contributed by atoms with E-state index in [4.69, 9.17) is 5.11 Å². The van der Waals surface area contributed by atoms with Gasteiger partial charge in [-0.15, -0.1) is 11.8 Å². The lowest BCUT2D eigenvalue weighted by Gasteiger charge is -2.24. The highest BCUT2D eigenvalue weighted by molar-refractivity contribution is 8.00. The maximum Gasteiger partial charge on any atom is 0.323 e. The first-order valence-corrected chi connectivity index (χ1v) is 6.79. The van der Waals surface area contributed by atoms with Crippen LogP contribution in [0.5, 0.6) is 0 Å². The predicted octanol–water partition coefficient (Wildman–Crippen LogP) is 2.24. The molecule has 6 heteroatoms. The van der Waals surface area contributed by atoms with Crippen molar-refractivity contribution < 1.29 is 19.1 Å². The molecule has 19 heavy (non-hydrogen) atoms. The van der Waals surface area contributed by atoms with Crippen molar-refractivity contribution in [3.8, 4) is 0 Å². The molecule has 0 aliphatic heterocycles. The van der Waals surface area contributed by atoms with Crippen LogP contribution in [-0.4, -0.2) is 40.2 Å². The maximum absolute atomic E-state index is 13.4. The molecular weight excluding hydrogens is 269 g/mol. The highest BCUT2D eigenvalue weighted by Crippen LogP contribution is 2.21. The molecule has 0 spiro atoms. The summed E-state index contributed by atoms with van der Waals surface area (Å²) < 4.78 is 13.4. The second-order valence-corrected chi connectivity index (χ2v) is 5.25. The van der Waals surface area contributed by atoms with Gasteiger partial charge >= 0.3 is 5.97 Å². The average Bonchev–Trinajstić information content (AvgIpc) is 2.34. The van der Waals surface area contributed by atoms with Crippen LogP contribution in [0.2, 0.25) is 0 Å². The minimum atomic E-state index is -1.06. The largest absolute Gasteiger partial charge is 0.480 e. The first-order valence-electron chi connectivity index (χ1n) is 5.80. The first-order chi connectivity index (χ1) is 8.91. The summed E-state index contributed by atoms with van der Waals surface area (Å²) in [6, 6.07) is 5.97. The van der Waals surface area contributed by atoms with E-state index in [9.17, 15) is 14.0 Å². The van der Waals surface area contributed by atoms with Gasteiger partial charge in [0.1, 0.15) is 12.4 Å². The topological polar surface area (TPSA) is 57.6 Å². The Balaban J connectivity index is 2.63. The number of hydrogen-bond acceptors (Lipinski definition) is 3. The Morgan fingerprint density at radius 1 is 1.37 bits per heavy atom. The van der Waals surface area contributed by atoms with E-state index < -0.39 is 5.97 Å². The fourth-order valence-electron chi connectivity index (χ4n) is 1.49. The molecule has 0 unspecified atom stereocenters. The highest BCUT2D eigenvalue weighted by atomic mass is 32.2. The van der Waals surface area contributed by atoms with Gasteiger partial charge in [-0.2, -0.15) is 0 Å². The fourth-order valence-corrected chi connectivity index (χ4v) is 2.31. The van der Waals surface area contributed by atoms with E-state index in [2.05, 4.69) is 0 Å². The van der Waals surface area contributed by atoms with Gasteiger partial charge in [0.15, 0.2) is 0 Å². The van der Waals surface area contributed by atoms with Crippen molar-refractivity contribution in [2.24, 2.45) is 0 Å². The Hall–Kier alpha value is -1.56. The monoisotopic (exact) mass is 285 g/mol. The van der Waals surface area contributed by atoms with Crippen molar-refractivity contribution in [3.05, 3.63) is 30.1 Å². The molecule has 1 aromatic carbocycles. The summed E-state index contributed by atoms with van der Waals surface area (Å²) in [5, 5.41) is 8.75. The Bertz CT molecular complexity index is 465. The van der Waals surface area contributed by atoms with Crippen LogP contribution in [0.3, 0.4) is 0 Å². The second kappa shape index (κ2) is 7.13. The maximum atomic E-state index is 13.4. The predicted molar refractivity (Wildman–Crippen MR) is 71.6 cm³/mol. The number of carbonyl (C=O) groups is 2. The molecule has 0 aliphatic rings. The quantitative estimate of drug-likeness (QED) is 0.814. The summed E-state index contributed by atoms with van der Waals surface area (Å²) >= 11 is 1.07. The van der Waals surface area contributed by atoms with Gasteiger partial charge in [0.25, 0.3) is 0 Å².